The molecule has 0 bridgehead atoms. The summed E-state index contributed by atoms with van der Waals surface area (Å²) in [5.74, 6) is -1.04. The lowest BCUT2D eigenvalue weighted by atomic mass is 10.2. The van der Waals surface area contributed by atoms with E-state index in [-0.39, 0.29) is 11.3 Å². The molecule has 0 amide bonds. The Bertz CT molecular complexity index is 546. The lowest BCUT2D eigenvalue weighted by Crippen LogP contribution is -2.02. The molecule has 0 saturated heterocycles. The quantitative estimate of drug-likeness (QED) is 0.636. The topological polar surface area (TPSA) is 89.1 Å². The number of carbonyl (C=O) groups is 1. The number of nitrogens with zero attached hydrogens (tertiary/aromatic N) is 2. The van der Waals surface area contributed by atoms with Crippen molar-refractivity contribution in [2.45, 2.75) is 10.1 Å². The molecule has 0 aliphatic heterocycles. The van der Waals surface area contributed by atoms with E-state index in [1.807, 2.05) is 0 Å². The molecule has 0 spiro atoms. The number of carboxylic acids is 1. The molecule has 1 aromatic heterocycles. The van der Waals surface area contributed by atoms with Crippen molar-refractivity contribution < 1.29 is 9.90 Å². The van der Waals surface area contributed by atoms with Crippen molar-refractivity contribution in [3.05, 3.63) is 42.2 Å². The van der Waals surface area contributed by atoms with Gasteiger partial charge >= 0.3 is 5.97 Å². The Balaban J connectivity index is 2.29. The Morgan fingerprint density at radius 2 is 2.00 bits per heavy atom. The summed E-state index contributed by atoms with van der Waals surface area (Å²) in [6.07, 6.45) is 3.26. The highest BCUT2D eigenvalue weighted by Gasteiger charge is 2.09. The Labute approximate surface area is 102 Å². The fourth-order valence-electron chi connectivity index (χ4n) is 1.23. The first kappa shape index (κ1) is 11.4. The smallest absolute Gasteiger partial charge is 0.337 e. The molecule has 6 heteroatoms. The van der Waals surface area contributed by atoms with Gasteiger partial charge in [0, 0.05) is 23.0 Å². The van der Waals surface area contributed by atoms with Gasteiger partial charge in [-0.05, 0) is 36.0 Å². The van der Waals surface area contributed by atoms with Gasteiger partial charge < -0.3 is 10.8 Å². The van der Waals surface area contributed by atoms with Crippen molar-refractivity contribution in [1.29, 1.82) is 0 Å². The predicted octanol–water partition coefficient (Wildman–Crippen LogP) is 1.91. The SMILES string of the molecule is Nc1ccc(Sc2ncccn2)cc1C(=O)O. The van der Waals surface area contributed by atoms with Gasteiger partial charge in [-0.25, -0.2) is 14.8 Å². The largest absolute Gasteiger partial charge is 0.478 e. The van der Waals surface area contributed by atoms with Crippen LogP contribution in [0.1, 0.15) is 10.4 Å². The molecule has 17 heavy (non-hydrogen) atoms. The number of nitrogens with two attached hydrogens (primary N) is 1. The second kappa shape index (κ2) is 4.84. The highest BCUT2D eigenvalue weighted by atomic mass is 32.2. The van der Waals surface area contributed by atoms with Crippen LogP contribution < -0.4 is 5.73 Å². The van der Waals surface area contributed by atoms with Gasteiger partial charge in [-0.1, -0.05) is 0 Å². The number of hydrogen-bond acceptors (Lipinski definition) is 5. The number of aromatic nitrogens is 2. The molecule has 0 unspecified atom stereocenters. The van der Waals surface area contributed by atoms with E-state index in [0.717, 1.165) is 4.90 Å². The zero-order valence-electron chi connectivity index (χ0n) is 8.70. The highest BCUT2D eigenvalue weighted by molar-refractivity contribution is 7.99. The molecule has 0 aliphatic rings. The maximum Gasteiger partial charge on any atom is 0.337 e. The standard InChI is InChI=1S/C11H9N3O2S/c12-9-3-2-7(6-8(9)10(15)16)17-11-13-4-1-5-14-11/h1-6H,12H2,(H,15,16). The number of aromatic carboxylic acids is 1. The van der Waals surface area contributed by atoms with Crippen LogP contribution in [0.5, 0.6) is 0 Å². The summed E-state index contributed by atoms with van der Waals surface area (Å²) in [7, 11) is 0. The van der Waals surface area contributed by atoms with E-state index >= 15 is 0 Å². The van der Waals surface area contributed by atoms with Crippen molar-refractivity contribution in [1.82, 2.24) is 9.97 Å². The third kappa shape index (κ3) is 2.73. The van der Waals surface area contributed by atoms with Crippen molar-refractivity contribution in [2.75, 3.05) is 5.73 Å². The van der Waals surface area contributed by atoms with Gasteiger partial charge in [0.05, 0.1) is 5.56 Å². The summed E-state index contributed by atoms with van der Waals surface area (Å²) in [6, 6.07) is 6.53. The summed E-state index contributed by atoms with van der Waals surface area (Å²) in [5.41, 5.74) is 5.90. The van der Waals surface area contributed by atoms with Crippen molar-refractivity contribution in [3.63, 3.8) is 0 Å². The second-order valence-electron chi connectivity index (χ2n) is 3.19. The van der Waals surface area contributed by atoms with Crippen molar-refractivity contribution >= 4 is 23.4 Å². The van der Waals surface area contributed by atoms with Gasteiger partial charge in [-0.15, -0.1) is 0 Å². The number of benzene rings is 1. The maximum absolute atomic E-state index is 10.9. The molecule has 0 radical (unpaired) electrons. The van der Waals surface area contributed by atoms with Gasteiger partial charge in [0.15, 0.2) is 5.16 Å². The van der Waals surface area contributed by atoms with E-state index in [4.69, 9.17) is 10.8 Å². The minimum absolute atomic E-state index is 0.0888. The van der Waals surface area contributed by atoms with Gasteiger partial charge in [0.25, 0.3) is 0 Å². The Morgan fingerprint density at radius 1 is 1.29 bits per heavy atom. The molecule has 5 nitrogen and oxygen atoms in total. The second-order valence-corrected chi connectivity index (χ2v) is 4.23. The fraction of sp³-hybridized carbons (Fsp3) is 0. The molecule has 0 saturated carbocycles. The van der Waals surface area contributed by atoms with E-state index in [9.17, 15) is 4.79 Å². The highest BCUT2D eigenvalue weighted by Crippen LogP contribution is 2.27. The van der Waals surface area contributed by atoms with Gasteiger partial charge in [0.1, 0.15) is 0 Å². The number of carboxylic acid groups (broad SMARTS) is 1. The predicted molar refractivity (Wildman–Crippen MR) is 64.0 cm³/mol. The van der Waals surface area contributed by atoms with Crippen LogP contribution in [0, 0.1) is 0 Å². The molecular weight excluding hydrogens is 238 g/mol. The molecule has 1 aromatic carbocycles. The molecule has 0 fully saturated rings. The Morgan fingerprint density at radius 3 is 2.65 bits per heavy atom. The fourth-order valence-corrected chi connectivity index (χ4v) is 1.98. The average Bonchev–Trinajstić information content (AvgIpc) is 2.32. The number of anilines is 1. The average molecular weight is 247 g/mol. The molecule has 3 N–H and O–H groups in total. The molecule has 2 aromatic rings. The van der Waals surface area contributed by atoms with Crippen LogP contribution in [0.15, 0.2) is 46.7 Å². The van der Waals surface area contributed by atoms with Crippen LogP contribution >= 0.6 is 11.8 Å². The third-order valence-electron chi connectivity index (χ3n) is 2.01. The van der Waals surface area contributed by atoms with E-state index in [1.54, 1.807) is 30.6 Å². The third-order valence-corrected chi connectivity index (χ3v) is 2.89. The Hall–Kier alpha value is -2.08. The summed E-state index contributed by atoms with van der Waals surface area (Å²) in [6.45, 7) is 0. The normalized spacial score (nSPS) is 10.1. The van der Waals surface area contributed by atoms with Gasteiger partial charge in [0.2, 0.25) is 0 Å². The van der Waals surface area contributed by atoms with E-state index in [1.165, 1.54) is 17.8 Å². The monoisotopic (exact) mass is 247 g/mol. The molecule has 1 heterocycles. The zero-order valence-corrected chi connectivity index (χ0v) is 9.52. The zero-order chi connectivity index (χ0) is 12.3. The summed E-state index contributed by atoms with van der Waals surface area (Å²) >= 11 is 1.29. The first-order chi connectivity index (χ1) is 8.16. The number of rotatable bonds is 3. The van der Waals surface area contributed by atoms with Crippen molar-refractivity contribution in [3.8, 4) is 0 Å². The van der Waals surface area contributed by atoms with Crippen LogP contribution in [0.25, 0.3) is 0 Å². The number of nitrogen functional groups attached to an aromatic ring is 1. The van der Waals surface area contributed by atoms with Gasteiger partial charge in [-0.2, -0.15) is 0 Å². The molecule has 0 aliphatic carbocycles. The Kier molecular flexibility index (Phi) is 3.24. The van der Waals surface area contributed by atoms with Crippen LogP contribution in [-0.4, -0.2) is 21.0 Å². The van der Waals surface area contributed by atoms with Crippen LogP contribution in [0.2, 0.25) is 0 Å². The maximum atomic E-state index is 10.9. The van der Waals surface area contributed by atoms with E-state index in [2.05, 4.69) is 9.97 Å². The van der Waals surface area contributed by atoms with E-state index in [0.29, 0.717) is 5.16 Å². The summed E-state index contributed by atoms with van der Waals surface area (Å²) in [4.78, 5) is 19.7. The summed E-state index contributed by atoms with van der Waals surface area (Å²) in [5, 5.41) is 9.50. The first-order valence-corrected chi connectivity index (χ1v) is 5.56. The van der Waals surface area contributed by atoms with Crippen LogP contribution in [0.4, 0.5) is 5.69 Å². The first-order valence-electron chi connectivity index (χ1n) is 4.74. The molecule has 86 valence electrons. The molecule has 2 rings (SSSR count). The van der Waals surface area contributed by atoms with Gasteiger partial charge in [-0.3, -0.25) is 0 Å². The lowest BCUT2D eigenvalue weighted by molar-refractivity contribution is 0.0698. The molecule has 0 atom stereocenters. The van der Waals surface area contributed by atoms with Crippen LogP contribution in [0.3, 0.4) is 0 Å². The molecular formula is C11H9N3O2S. The van der Waals surface area contributed by atoms with E-state index < -0.39 is 5.97 Å². The number of hydrogen-bond donors (Lipinski definition) is 2. The lowest BCUT2D eigenvalue weighted by Gasteiger charge is -2.04. The minimum atomic E-state index is -1.04. The van der Waals surface area contributed by atoms with Crippen LogP contribution in [-0.2, 0) is 0 Å². The summed E-state index contributed by atoms with van der Waals surface area (Å²) < 4.78 is 0. The van der Waals surface area contributed by atoms with Crippen molar-refractivity contribution in [2.24, 2.45) is 0 Å². The minimum Gasteiger partial charge on any atom is -0.478 e.